The third-order valence-corrected chi connectivity index (χ3v) is 1.17. The van der Waals surface area contributed by atoms with Gasteiger partial charge in [-0.25, -0.2) is 0 Å². The van der Waals surface area contributed by atoms with E-state index in [2.05, 4.69) is 10.1 Å². The number of rotatable bonds is 5. The molecule has 0 saturated carbocycles. The van der Waals surface area contributed by atoms with Crippen molar-refractivity contribution in [2.45, 2.75) is 19.5 Å². The second kappa shape index (κ2) is 5.80. The van der Waals surface area contributed by atoms with Crippen molar-refractivity contribution >= 4 is 5.91 Å². The minimum absolute atomic E-state index is 0.186. The molecule has 0 aromatic heterocycles. The summed E-state index contributed by atoms with van der Waals surface area (Å²) < 4.78 is 39.4. The lowest BCUT2D eigenvalue weighted by Gasteiger charge is -2.07. The van der Waals surface area contributed by atoms with Crippen molar-refractivity contribution in [3.05, 3.63) is 0 Å². The van der Waals surface area contributed by atoms with E-state index in [0.717, 1.165) is 0 Å². The van der Waals surface area contributed by atoms with Crippen LogP contribution >= 0.6 is 0 Å². The van der Waals surface area contributed by atoms with Crippen LogP contribution in [0.5, 0.6) is 0 Å². The van der Waals surface area contributed by atoms with Crippen LogP contribution in [-0.4, -0.2) is 31.8 Å². The molecule has 0 aliphatic rings. The summed E-state index contributed by atoms with van der Waals surface area (Å²) in [6.45, 7) is 1.49. The second-order valence-corrected chi connectivity index (χ2v) is 2.35. The Kier molecular flexibility index (Phi) is 5.45. The first-order valence-corrected chi connectivity index (χ1v) is 3.87. The van der Waals surface area contributed by atoms with Gasteiger partial charge in [0, 0.05) is 13.2 Å². The fourth-order valence-corrected chi connectivity index (χ4v) is 0.589. The van der Waals surface area contributed by atoms with E-state index in [0.29, 0.717) is 6.61 Å². The van der Waals surface area contributed by atoms with Gasteiger partial charge in [0.1, 0.15) is 6.61 Å². The third kappa shape index (κ3) is 9.13. The number of hydrogen-bond donors (Lipinski definition) is 1. The molecule has 1 amide bonds. The van der Waals surface area contributed by atoms with Crippen molar-refractivity contribution in [1.82, 2.24) is 5.32 Å². The zero-order valence-corrected chi connectivity index (χ0v) is 7.28. The highest BCUT2D eigenvalue weighted by atomic mass is 19.4. The van der Waals surface area contributed by atoms with Gasteiger partial charge >= 0.3 is 6.18 Å². The van der Waals surface area contributed by atoms with Crippen LogP contribution in [0.2, 0.25) is 0 Å². The smallest absolute Gasteiger partial charge is 0.372 e. The molecular formula is C7H12F3NO2. The zero-order valence-electron chi connectivity index (χ0n) is 7.28. The number of halogens is 3. The molecule has 0 heterocycles. The van der Waals surface area contributed by atoms with Crippen LogP contribution in [-0.2, 0) is 9.53 Å². The summed E-state index contributed by atoms with van der Waals surface area (Å²) in [6.07, 6.45) is -5.23. The monoisotopic (exact) mass is 199 g/mol. The van der Waals surface area contributed by atoms with Crippen molar-refractivity contribution in [3.63, 3.8) is 0 Å². The second-order valence-electron chi connectivity index (χ2n) is 2.35. The predicted octanol–water partition coefficient (Wildman–Crippen LogP) is 1.09. The SMILES string of the molecule is CCOCC(=O)NCCC(F)(F)F. The van der Waals surface area contributed by atoms with Crippen molar-refractivity contribution in [1.29, 1.82) is 0 Å². The number of hydrogen-bond acceptors (Lipinski definition) is 2. The van der Waals surface area contributed by atoms with E-state index in [4.69, 9.17) is 0 Å². The average Bonchev–Trinajstić information content (AvgIpc) is 1.98. The molecule has 0 aromatic carbocycles. The fourth-order valence-electron chi connectivity index (χ4n) is 0.589. The summed E-state index contributed by atoms with van der Waals surface area (Å²) in [5.74, 6) is -0.522. The van der Waals surface area contributed by atoms with Gasteiger partial charge in [-0.15, -0.1) is 0 Å². The molecule has 0 saturated heterocycles. The van der Waals surface area contributed by atoms with Gasteiger partial charge in [0.25, 0.3) is 0 Å². The van der Waals surface area contributed by atoms with E-state index in [9.17, 15) is 18.0 Å². The molecule has 13 heavy (non-hydrogen) atoms. The summed E-state index contributed by atoms with van der Waals surface area (Å²) in [5, 5.41) is 2.09. The van der Waals surface area contributed by atoms with Gasteiger partial charge in [0.2, 0.25) is 5.91 Å². The Labute approximate surface area is 74.3 Å². The lowest BCUT2D eigenvalue weighted by Crippen LogP contribution is -2.30. The minimum atomic E-state index is -4.22. The number of ether oxygens (including phenoxy) is 1. The topological polar surface area (TPSA) is 38.3 Å². The van der Waals surface area contributed by atoms with Gasteiger partial charge in [-0.2, -0.15) is 13.2 Å². The molecule has 0 unspecified atom stereocenters. The lowest BCUT2D eigenvalue weighted by molar-refractivity contribution is -0.136. The molecule has 0 bridgehead atoms. The molecule has 0 fully saturated rings. The van der Waals surface area contributed by atoms with Crippen LogP contribution in [0.1, 0.15) is 13.3 Å². The van der Waals surface area contributed by atoms with Gasteiger partial charge in [-0.1, -0.05) is 0 Å². The molecule has 0 aliphatic carbocycles. The third-order valence-electron chi connectivity index (χ3n) is 1.17. The van der Waals surface area contributed by atoms with E-state index < -0.39 is 25.0 Å². The maximum absolute atomic E-state index is 11.6. The molecule has 6 heteroatoms. The summed E-state index contributed by atoms with van der Waals surface area (Å²) in [7, 11) is 0. The Bertz CT molecular complexity index is 158. The van der Waals surface area contributed by atoms with Crippen LogP contribution in [0, 0.1) is 0 Å². The lowest BCUT2D eigenvalue weighted by atomic mass is 10.4. The highest BCUT2D eigenvalue weighted by Crippen LogP contribution is 2.17. The Balaban J connectivity index is 3.37. The van der Waals surface area contributed by atoms with Gasteiger partial charge in [0.15, 0.2) is 0 Å². The standard InChI is InChI=1S/C7H12F3NO2/c1-2-13-5-6(12)11-4-3-7(8,9)10/h2-5H2,1H3,(H,11,12). The molecule has 0 radical (unpaired) electrons. The van der Waals surface area contributed by atoms with Crippen LogP contribution in [0.25, 0.3) is 0 Å². The normalized spacial score (nSPS) is 11.4. The van der Waals surface area contributed by atoms with Gasteiger partial charge in [-0.05, 0) is 6.92 Å². The van der Waals surface area contributed by atoms with Crippen molar-refractivity contribution in [2.24, 2.45) is 0 Å². The van der Waals surface area contributed by atoms with Gasteiger partial charge in [-0.3, -0.25) is 4.79 Å². The minimum Gasteiger partial charge on any atom is -0.372 e. The first-order chi connectivity index (χ1) is 5.95. The number of amides is 1. The largest absolute Gasteiger partial charge is 0.390 e. The van der Waals surface area contributed by atoms with Crippen LogP contribution in [0.4, 0.5) is 13.2 Å². The van der Waals surface area contributed by atoms with Crippen molar-refractivity contribution in [2.75, 3.05) is 19.8 Å². The molecule has 1 N–H and O–H groups in total. The van der Waals surface area contributed by atoms with Gasteiger partial charge < -0.3 is 10.1 Å². The Hall–Kier alpha value is -0.780. The fraction of sp³-hybridized carbons (Fsp3) is 0.857. The molecule has 0 atom stereocenters. The maximum Gasteiger partial charge on any atom is 0.390 e. The molecule has 78 valence electrons. The molecule has 3 nitrogen and oxygen atoms in total. The number of nitrogens with one attached hydrogen (secondary N) is 1. The molecule has 0 aliphatic heterocycles. The van der Waals surface area contributed by atoms with Crippen LogP contribution < -0.4 is 5.32 Å². The Morgan fingerprint density at radius 2 is 2.08 bits per heavy atom. The van der Waals surface area contributed by atoms with E-state index in [1.807, 2.05) is 0 Å². The molecule has 0 rings (SSSR count). The average molecular weight is 199 g/mol. The van der Waals surface area contributed by atoms with E-state index in [1.54, 1.807) is 6.92 Å². The predicted molar refractivity (Wildman–Crippen MR) is 40.2 cm³/mol. The van der Waals surface area contributed by atoms with Crippen LogP contribution in [0.15, 0.2) is 0 Å². The Morgan fingerprint density at radius 1 is 1.46 bits per heavy atom. The number of carbonyl (C=O) groups excluding carboxylic acids is 1. The summed E-state index contributed by atoms with van der Waals surface area (Å²) in [5.41, 5.74) is 0. The van der Waals surface area contributed by atoms with Crippen LogP contribution in [0.3, 0.4) is 0 Å². The number of alkyl halides is 3. The summed E-state index contributed by atoms with van der Waals surface area (Å²) in [4.78, 5) is 10.7. The van der Waals surface area contributed by atoms with Crippen molar-refractivity contribution in [3.8, 4) is 0 Å². The highest BCUT2D eigenvalue weighted by molar-refractivity contribution is 5.77. The molecular weight excluding hydrogens is 187 g/mol. The Morgan fingerprint density at radius 3 is 2.54 bits per heavy atom. The molecule has 0 spiro atoms. The zero-order chi connectivity index (χ0) is 10.3. The van der Waals surface area contributed by atoms with E-state index >= 15 is 0 Å². The first-order valence-electron chi connectivity index (χ1n) is 3.87. The summed E-state index contributed by atoms with van der Waals surface area (Å²) in [6, 6.07) is 0. The van der Waals surface area contributed by atoms with E-state index in [1.165, 1.54) is 0 Å². The highest BCUT2D eigenvalue weighted by Gasteiger charge is 2.26. The number of carbonyl (C=O) groups is 1. The maximum atomic E-state index is 11.6. The first kappa shape index (κ1) is 12.2. The summed E-state index contributed by atoms with van der Waals surface area (Å²) >= 11 is 0. The quantitative estimate of drug-likeness (QED) is 0.719. The van der Waals surface area contributed by atoms with Crippen molar-refractivity contribution < 1.29 is 22.7 Å². The molecule has 0 aromatic rings. The van der Waals surface area contributed by atoms with E-state index in [-0.39, 0.29) is 6.61 Å². The van der Waals surface area contributed by atoms with Gasteiger partial charge in [0.05, 0.1) is 6.42 Å².